The van der Waals surface area contributed by atoms with Crippen LogP contribution in [-0.4, -0.2) is 23.4 Å². The van der Waals surface area contributed by atoms with E-state index in [0.717, 1.165) is 18.4 Å². The van der Waals surface area contributed by atoms with Gasteiger partial charge in [-0.25, -0.2) is 0 Å². The first-order valence-corrected chi connectivity index (χ1v) is 8.68. The zero-order valence-corrected chi connectivity index (χ0v) is 12.6. The molecule has 1 saturated carbocycles. The van der Waals surface area contributed by atoms with E-state index in [9.17, 15) is 4.57 Å². The minimum Gasteiger partial charge on any atom is -0.304 e. The third-order valence-corrected chi connectivity index (χ3v) is 5.67. The van der Waals surface area contributed by atoms with E-state index < -0.39 is 7.60 Å². The van der Waals surface area contributed by atoms with Gasteiger partial charge in [-0.15, -0.1) is 0 Å². The average Bonchev–Trinajstić information content (AvgIpc) is 2.90. The fraction of sp³-hybridized carbons (Fsp3) is 0.769. The number of rotatable bonds is 6. The number of hydrogen-bond donors (Lipinski definition) is 1. The summed E-state index contributed by atoms with van der Waals surface area (Å²) in [7, 11) is -3.25. The van der Waals surface area contributed by atoms with Crippen LogP contribution in [0.4, 0.5) is 0 Å². The quantitative estimate of drug-likeness (QED) is 0.814. The van der Waals surface area contributed by atoms with Crippen molar-refractivity contribution in [1.29, 1.82) is 0 Å². The summed E-state index contributed by atoms with van der Waals surface area (Å²) in [5.41, 5.74) is 1.58. The van der Waals surface area contributed by atoms with Crippen LogP contribution in [0.2, 0.25) is 0 Å². The van der Waals surface area contributed by atoms with Crippen molar-refractivity contribution in [2.45, 2.75) is 51.9 Å². The molecule has 0 aromatic carbocycles. The van der Waals surface area contributed by atoms with Gasteiger partial charge in [-0.3, -0.25) is 9.66 Å². The lowest BCUT2D eigenvalue weighted by Gasteiger charge is -2.23. The molecule has 2 rings (SSSR count). The van der Waals surface area contributed by atoms with Crippen molar-refractivity contribution in [3.05, 3.63) is 11.8 Å². The first-order valence-electron chi connectivity index (χ1n) is 7.14. The van der Waals surface area contributed by atoms with Crippen LogP contribution in [0, 0.1) is 0 Å². The van der Waals surface area contributed by atoms with Crippen LogP contribution in [0.15, 0.2) is 6.20 Å². The zero-order chi connectivity index (χ0) is 13.7. The Hall–Kier alpha value is -0.640. The van der Waals surface area contributed by atoms with Gasteiger partial charge in [0.1, 0.15) is 0 Å². The van der Waals surface area contributed by atoms with Gasteiger partial charge in [0.15, 0.2) is 5.44 Å². The van der Waals surface area contributed by atoms with E-state index in [-0.39, 0.29) is 0 Å². The van der Waals surface area contributed by atoms with Crippen molar-refractivity contribution in [2.75, 3.05) is 13.2 Å². The Bertz CT molecular complexity index is 431. The van der Waals surface area contributed by atoms with Crippen LogP contribution < -0.4 is 5.44 Å². The maximum absolute atomic E-state index is 12.8. The lowest BCUT2D eigenvalue weighted by atomic mass is 9.85. The molecule has 19 heavy (non-hydrogen) atoms. The van der Waals surface area contributed by atoms with Crippen molar-refractivity contribution in [3.63, 3.8) is 0 Å². The summed E-state index contributed by atoms with van der Waals surface area (Å²) < 4.78 is 23.6. The number of nitrogens with zero attached hydrogens (tertiary/aromatic N) is 1. The summed E-state index contributed by atoms with van der Waals surface area (Å²) in [6.07, 6.45) is 7.79. The molecule has 1 N–H and O–H groups in total. The third kappa shape index (κ3) is 3.28. The van der Waals surface area contributed by atoms with Crippen molar-refractivity contribution in [3.8, 4) is 0 Å². The standard InChI is InChI=1S/C13H23N2O3P/c1-3-17-19(16,18-4-2)13-12(10-14-15-13)11-8-6-5-7-9-11/h10-11H,3-9H2,1-2H3,(H,14,15). The molecule has 1 aliphatic rings. The maximum Gasteiger partial charge on any atom is 0.379 e. The predicted molar refractivity (Wildman–Crippen MR) is 74.9 cm³/mol. The van der Waals surface area contributed by atoms with Gasteiger partial charge >= 0.3 is 7.60 Å². The fourth-order valence-corrected chi connectivity index (χ4v) is 4.48. The molecule has 1 aromatic rings. The fourth-order valence-electron chi connectivity index (χ4n) is 2.73. The molecule has 1 heterocycles. The molecule has 0 spiro atoms. The van der Waals surface area contributed by atoms with Crippen LogP contribution in [0.5, 0.6) is 0 Å². The second kappa shape index (κ2) is 6.69. The summed E-state index contributed by atoms with van der Waals surface area (Å²) in [5, 5.41) is 6.92. The summed E-state index contributed by atoms with van der Waals surface area (Å²) in [4.78, 5) is 0. The highest BCUT2D eigenvalue weighted by atomic mass is 31.2. The second-order valence-electron chi connectivity index (χ2n) is 4.84. The minimum absolute atomic E-state index is 0.362. The number of aromatic amines is 1. The van der Waals surface area contributed by atoms with E-state index in [1.54, 1.807) is 6.20 Å². The third-order valence-electron chi connectivity index (χ3n) is 3.56. The monoisotopic (exact) mass is 286 g/mol. The normalized spacial score (nSPS) is 17.8. The number of hydrogen-bond acceptors (Lipinski definition) is 4. The Balaban J connectivity index is 2.27. The van der Waals surface area contributed by atoms with Crippen LogP contribution in [-0.2, 0) is 13.6 Å². The average molecular weight is 286 g/mol. The molecular weight excluding hydrogens is 263 g/mol. The Morgan fingerprint density at radius 3 is 2.47 bits per heavy atom. The zero-order valence-electron chi connectivity index (χ0n) is 11.7. The molecule has 0 unspecified atom stereocenters. The van der Waals surface area contributed by atoms with Gasteiger partial charge in [0.05, 0.1) is 19.4 Å². The number of H-pyrrole nitrogens is 1. The molecule has 1 aromatic heterocycles. The van der Waals surface area contributed by atoms with E-state index in [2.05, 4.69) is 10.2 Å². The molecule has 0 amide bonds. The van der Waals surface area contributed by atoms with Crippen LogP contribution in [0.1, 0.15) is 57.4 Å². The molecule has 0 radical (unpaired) electrons. The van der Waals surface area contributed by atoms with Crippen LogP contribution in [0.3, 0.4) is 0 Å². The number of aromatic nitrogens is 2. The van der Waals surface area contributed by atoms with E-state index >= 15 is 0 Å². The SMILES string of the molecule is CCOP(=O)(OCC)c1[nH]ncc1C1CCCCC1. The van der Waals surface area contributed by atoms with Gasteiger partial charge < -0.3 is 9.05 Å². The lowest BCUT2D eigenvalue weighted by molar-refractivity contribution is 0.229. The van der Waals surface area contributed by atoms with Gasteiger partial charge in [0, 0.05) is 5.56 Å². The predicted octanol–water partition coefficient (Wildman–Crippen LogP) is 3.35. The molecule has 0 atom stereocenters. The molecular formula is C13H23N2O3P. The van der Waals surface area contributed by atoms with Gasteiger partial charge in [0.2, 0.25) is 0 Å². The maximum atomic E-state index is 12.8. The van der Waals surface area contributed by atoms with E-state index in [4.69, 9.17) is 9.05 Å². The topological polar surface area (TPSA) is 64.2 Å². The first kappa shape index (κ1) is 14.8. The molecule has 6 heteroatoms. The molecule has 1 aliphatic carbocycles. The first-order chi connectivity index (χ1) is 9.21. The van der Waals surface area contributed by atoms with Crippen LogP contribution in [0.25, 0.3) is 0 Å². The summed E-state index contributed by atoms with van der Waals surface area (Å²) in [6, 6.07) is 0. The molecule has 0 saturated heterocycles. The Labute approximate surface area is 114 Å². The molecule has 5 nitrogen and oxygen atoms in total. The largest absolute Gasteiger partial charge is 0.379 e. The molecule has 0 bridgehead atoms. The van der Waals surface area contributed by atoms with E-state index in [0.29, 0.717) is 24.6 Å². The summed E-state index contributed by atoms with van der Waals surface area (Å²) in [5.74, 6) is 0.428. The highest BCUT2D eigenvalue weighted by molar-refractivity contribution is 7.62. The molecule has 1 fully saturated rings. The Morgan fingerprint density at radius 2 is 1.89 bits per heavy atom. The van der Waals surface area contributed by atoms with Crippen LogP contribution >= 0.6 is 7.60 Å². The second-order valence-corrected chi connectivity index (χ2v) is 6.80. The Morgan fingerprint density at radius 1 is 1.26 bits per heavy atom. The summed E-state index contributed by atoms with van der Waals surface area (Å²) in [6.45, 7) is 4.37. The highest BCUT2D eigenvalue weighted by Gasteiger charge is 2.34. The lowest BCUT2D eigenvalue weighted by Crippen LogP contribution is -2.19. The van der Waals surface area contributed by atoms with E-state index in [1.807, 2.05) is 13.8 Å². The van der Waals surface area contributed by atoms with Gasteiger partial charge in [-0.05, 0) is 32.6 Å². The smallest absolute Gasteiger partial charge is 0.304 e. The van der Waals surface area contributed by atoms with E-state index in [1.165, 1.54) is 19.3 Å². The molecule has 0 aliphatic heterocycles. The van der Waals surface area contributed by atoms with Crippen molar-refractivity contribution >= 4 is 13.0 Å². The summed E-state index contributed by atoms with van der Waals surface area (Å²) >= 11 is 0. The van der Waals surface area contributed by atoms with Crippen molar-refractivity contribution in [2.24, 2.45) is 0 Å². The Kier molecular flexibility index (Phi) is 5.20. The van der Waals surface area contributed by atoms with Crippen molar-refractivity contribution < 1.29 is 13.6 Å². The van der Waals surface area contributed by atoms with Gasteiger partial charge in [-0.2, -0.15) is 5.10 Å². The van der Waals surface area contributed by atoms with Gasteiger partial charge in [0.25, 0.3) is 0 Å². The highest BCUT2D eigenvalue weighted by Crippen LogP contribution is 2.48. The minimum atomic E-state index is -3.25. The molecule has 108 valence electrons. The van der Waals surface area contributed by atoms with Gasteiger partial charge in [-0.1, -0.05) is 19.3 Å². The number of nitrogens with one attached hydrogen (secondary N) is 1. The van der Waals surface area contributed by atoms with Crippen molar-refractivity contribution in [1.82, 2.24) is 10.2 Å².